The number of hydrogen-bond donors (Lipinski definition) is 1. The molecule has 0 saturated carbocycles. The van der Waals surface area contributed by atoms with Crippen LogP contribution < -0.4 is 14.8 Å². The number of carbonyl (C=O) groups is 1. The summed E-state index contributed by atoms with van der Waals surface area (Å²) >= 11 is 0. The molecule has 3 heterocycles. The minimum Gasteiger partial charge on any atom is -0.471 e. The van der Waals surface area contributed by atoms with Crippen molar-refractivity contribution in [3.8, 4) is 17.4 Å². The molecule has 1 aliphatic heterocycles. The second-order valence-corrected chi connectivity index (χ2v) is 7.49. The molecule has 0 bridgehead atoms. The molecule has 2 aromatic heterocycles. The number of fused-ring (bicyclic) bond motifs is 1. The minimum atomic E-state index is -0.1000. The molecule has 33 heavy (non-hydrogen) atoms. The number of amides is 1. The first-order chi connectivity index (χ1) is 16.2. The number of carbonyl (C=O) groups excluding carboxylic acids is 1. The van der Waals surface area contributed by atoms with Gasteiger partial charge in [-0.3, -0.25) is 4.79 Å². The molecule has 4 aromatic rings. The molecule has 1 fully saturated rings. The summed E-state index contributed by atoms with van der Waals surface area (Å²) in [4.78, 5) is 26.5. The van der Waals surface area contributed by atoms with Crippen LogP contribution in [-0.4, -0.2) is 45.0 Å². The number of benzene rings is 2. The lowest BCUT2D eigenvalue weighted by atomic mass is 10.1. The third-order valence-electron chi connectivity index (χ3n) is 5.17. The van der Waals surface area contributed by atoms with E-state index in [2.05, 4.69) is 26.8 Å². The fraction of sp³-hybridized carbons (Fsp3) is 0.120. The van der Waals surface area contributed by atoms with Gasteiger partial charge in [0, 0.05) is 11.8 Å². The number of aromatic nitrogens is 3. The van der Waals surface area contributed by atoms with Gasteiger partial charge in [0.1, 0.15) is 29.4 Å². The van der Waals surface area contributed by atoms with Crippen molar-refractivity contribution in [3.63, 3.8) is 0 Å². The fourth-order valence-corrected chi connectivity index (χ4v) is 3.44. The second kappa shape index (κ2) is 8.96. The Morgan fingerprint density at radius 3 is 2.52 bits per heavy atom. The average Bonchev–Trinajstić information content (AvgIpc) is 2.83. The smallest absolute Gasteiger partial charge is 0.246 e. The van der Waals surface area contributed by atoms with E-state index in [4.69, 9.17) is 9.47 Å². The molecule has 0 unspecified atom stereocenters. The summed E-state index contributed by atoms with van der Waals surface area (Å²) in [7, 11) is 0. The van der Waals surface area contributed by atoms with Crippen LogP contribution in [0.15, 0.2) is 85.7 Å². The van der Waals surface area contributed by atoms with E-state index < -0.39 is 0 Å². The van der Waals surface area contributed by atoms with Gasteiger partial charge >= 0.3 is 0 Å². The van der Waals surface area contributed by atoms with E-state index in [9.17, 15) is 4.79 Å². The molecular formula is C25H21N5O3. The van der Waals surface area contributed by atoms with Crippen LogP contribution in [-0.2, 0) is 4.79 Å². The molecule has 164 valence electrons. The van der Waals surface area contributed by atoms with Gasteiger partial charge in [-0.15, -0.1) is 0 Å². The SMILES string of the molecule is C=CC(=O)N1CC(Oc2ccc3ncnc(Nc4ccc(Oc5ccccc5)cc4)c3n2)C1. The van der Waals surface area contributed by atoms with Crippen LogP contribution >= 0.6 is 0 Å². The Labute approximate surface area is 190 Å². The van der Waals surface area contributed by atoms with Gasteiger partial charge in [-0.2, -0.15) is 0 Å². The van der Waals surface area contributed by atoms with E-state index in [-0.39, 0.29) is 12.0 Å². The van der Waals surface area contributed by atoms with Gasteiger partial charge in [0.25, 0.3) is 0 Å². The zero-order valence-electron chi connectivity index (χ0n) is 17.7. The van der Waals surface area contributed by atoms with Crippen LogP contribution in [0.5, 0.6) is 17.4 Å². The van der Waals surface area contributed by atoms with Crippen LogP contribution in [0, 0.1) is 0 Å². The third kappa shape index (κ3) is 4.59. The van der Waals surface area contributed by atoms with Gasteiger partial charge < -0.3 is 19.7 Å². The zero-order valence-corrected chi connectivity index (χ0v) is 17.7. The van der Waals surface area contributed by atoms with Crippen molar-refractivity contribution in [2.45, 2.75) is 6.10 Å². The first-order valence-electron chi connectivity index (χ1n) is 10.5. The van der Waals surface area contributed by atoms with E-state index in [1.165, 1.54) is 12.4 Å². The standard InChI is InChI=1S/C25H21N5O3/c1-2-23(31)30-14-20(15-30)33-22-13-12-21-24(29-22)25(27-16-26-21)28-17-8-10-19(11-9-17)32-18-6-4-3-5-7-18/h2-13,16,20H,1,14-15H2,(H,26,27,28). The predicted molar refractivity (Wildman–Crippen MR) is 125 cm³/mol. The van der Waals surface area contributed by atoms with Crippen molar-refractivity contribution >= 4 is 28.4 Å². The van der Waals surface area contributed by atoms with Crippen LogP contribution in [0.4, 0.5) is 11.5 Å². The topological polar surface area (TPSA) is 89.5 Å². The number of likely N-dealkylation sites (tertiary alicyclic amines) is 1. The first-order valence-corrected chi connectivity index (χ1v) is 10.5. The van der Waals surface area contributed by atoms with Gasteiger partial charge in [0.05, 0.1) is 18.6 Å². The van der Waals surface area contributed by atoms with Crippen molar-refractivity contribution in [3.05, 3.63) is 85.7 Å². The third-order valence-corrected chi connectivity index (χ3v) is 5.17. The summed E-state index contributed by atoms with van der Waals surface area (Å²) in [6.07, 6.45) is 2.70. The molecule has 1 aliphatic rings. The number of hydrogen-bond acceptors (Lipinski definition) is 7. The van der Waals surface area contributed by atoms with E-state index in [0.717, 1.165) is 17.2 Å². The highest BCUT2D eigenvalue weighted by molar-refractivity contribution is 5.88. The molecular weight excluding hydrogens is 418 g/mol. The Balaban J connectivity index is 1.29. The van der Waals surface area contributed by atoms with E-state index in [1.54, 1.807) is 11.0 Å². The lowest BCUT2D eigenvalue weighted by Crippen LogP contribution is -2.55. The largest absolute Gasteiger partial charge is 0.471 e. The lowest BCUT2D eigenvalue weighted by molar-refractivity contribution is -0.134. The van der Waals surface area contributed by atoms with Gasteiger partial charge in [0.15, 0.2) is 5.82 Å². The monoisotopic (exact) mass is 439 g/mol. The van der Waals surface area contributed by atoms with E-state index in [1.807, 2.05) is 60.7 Å². The summed E-state index contributed by atoms with van der Waals surface area (Å²) in [5.41, 5.74) is 2.13. The van der Waals surface area contributed by atoms with Crippen molar-refractivity contribution in [2.24, 2.45) is 0 Å². The fourth-order valence-electron chi connectivity index (χ4n) is 3.44. The molecule has 1 saturated heterocycles. The summed E-state index contributed by atoms with van der Waals surface area (Å²) in [6.45, 7) is 4.53. The van der Waals surface area contributed by atoms with Gasteiger partial charge in [-0.05, 0) is 48.5 Å². The summed E-state index contributed by atoms with van der Waals surface area (Å²) in [5.74, 6) is 2.45. The highest BCUT2D eigenvalue weighted by atomic mass is 16.5. The molecule has 2 aromatic carbocycles. The van der Waals surface area contributed by atoms with Crippen LogP contribution in [0.1, 0.15) is 0 Å². The highest BCUT2D eigenvalue weighted by Gasteiger charge is 2.31. The highest BCUT2D eigenvalue weighted by Crippen LogP contribution is 2.27. The molecule has 5 rings (SSSR count). The van der Waals surface area contributed by atoms with Crippen molar-refractivity contribution in [2.75, 3.05) is 18.4 Å². The van der Waals surface area contributed by atoms with E-state index in [0.29, 0.717) is 35.8 Å². The van der Waals surface area contributed by atoms with Crippen LogP contribution in [0.3, 0.4) is 0 Å². The second-order valence-electron chi connectivity index (χ2n) is 7.49. The number of ether oxygens (including phenoxy) is 2. The summed E-state index contributed by atoms with van der Waals surface area (Å²) in [5, 5.41) is 3.29. The summed E-state index contributed by atoms with van der Waals surface area (Å²) < 4.78 is 11.8. The first kappa shape index (κ1) is 20.4. The van der Waals surface area contributed by atoms with E-state index >= 15 is 0 Å². The molecule has 1 N–H and O–H groups in total. The lowest BCUT2D eigenvalue weighted by Gasteiger charge is -2.37. The Morgan fingerprint density at radius 2 is 1.76 bits per heavy atom. The van der Waals surface area contributed by atoms with Crippen molar-refractivity contribution in [1.82, 2.24) is 19.9 Å². The molecule has 0 aliphatic carbocycles. The zero-order chi connectivity index (χ0) is 22.6. The maximum Gasteiger partial charge on any atom is 0.246 e. The number of nitrogens with one attached hydrogen (secondary N) is 1. The maximum atomic E-state index is 11.6. The number of nitrogens with zero attached hydrogens (tertiary/aromatic N) is 4. The molecule has 1 amide bonds. The summed E-state index contributed by atoms with van der Waals surface area (Å²) in [6, 6.07) is 20.8. The normalized spacial score (nSPS) is 13.3. The predicted octanol–water partition coefficient (Wildman–Crippen LogP) is 4.34. The molecule has 8 heteroatoms. The molecule has 8 nitrogen and oxygen atoms in total. The van der Waals surface area contributed by atoms with Gasteiger partial charge in [-0.1, -0.05) is 24.8 Å². The van der Waals surface area contributed by atoms with Gasteiger partial charge in [0.2, 0.25) is 11.8 Å². The Morgan fingerprint density at radius 1 is 1.00 bits per heavy atom. The number of pyridine rings is 1. The average molecular weight is 439 g/mol. The minimum absolute atomic E-state index is 0.0959. The number of rotatable bonds is 7. The number of para-hydroxylation sites is 1. The van der Waals surface area contributed by atoms with Crippen LogP contribution in [0.2, 0.25) is 0 Å². The Hall–Kier alpha value is -4.46. The van der Waals surface area contributed by atoms with Gasteiger partial charge in [-0.25, -0.2) is 15.0 Å². The Kier molecular flexibility index (Phi) is 5.55. The molecule has 0 radical (unpaired) electrons. The van der Waals surface area contributed by atoms with Crippen molar-refractivity contribution in [1.29, 1.82) is 0 Å². The number of anilines is 2. The van der Waals surface area contributed by atoms with Crippen LogP contribution in [0.25, 0.3) is 11.0 Å². The maximum absolute atomic E-state index is 11.6. The Bertz CT molecular complexity index is 1290. The quantitative estimate of drug-likeness (QED) is 0.429. The van der Waals surface area contributed by atoms with Crippen molar-refractivity contribution < 1.29 is 14.3 Å². The molecule has 0 atom stereocenters. The molecule has 0 spiro atoms.